The Hall–Kier alpha value is -18.7. The van der Waals surface area contributed by atoms with Crippen LogP contribution in [0.4, 0.5) is 51.2 Å². The van der Waals surface area contributed by atoms with Gasteiger partial charge in [-0.05, 0) is 238 Å². The maximum atomic E-state index is 2.43. The van der Waals surface area contributed by atoms with E-state index in [4.69, 9.17) is 0 Å². The average molecular weight is 1780 g/mol. The van der Waals surface area contributed by atoms with Crippen LogP contribution in [0, 0.1) is 0 Å². The van der Waals surface area contributed by atoms with Crippen LogP contribution in [0.3, 0.4) is 0 Å². The van der Waals surface area contributed by atoms with Gasteiger partial charge in [0.1, 0.15) is 16.9 Å². The summed E-state index contributed by atoms with van der Waals surface area (Å²) in [6.07, 6.45) is 0. The van der Waals surface area contributed by atoms with E-state index in [1.165, 1.54) is 144 Å². The fourth-order valence-electron chi connectivity index (χ4n) is 20.9. The summed E-state index contributed by atoms with van der Waals surface area (Å²) >= 11 is 0. The van der Waals surface area contributed by atoms with Crippen LogP contribution in [-0.2, 0) is 0 Å². The molecule has 0 saturated carbocycles. The topological polar surface area (TPSA) is 37.7 Å². The van der Waals surface area contributed by atoms with Gasteiger partial charge < -0.3 is 14.7 Å². The molecule has 9 heteroatoms. The van der Waals surface area contributed by atoms with E-state index in [1.807, 2.05) is 0 Å². The number of fused-ring (bicyclic) bond motifs is 16. The quantitative estimate of drug-likeness (QED) is 0.0912. The first-order chi connectivity index (χ1) is 69.1. The summed E-state index contributed by atoms with van der Waals surface area (Å²) in [5, 5.41) is 6.19. The molecule has 27 rings (SSSR count). The molecule has 656 valence electrons. The van der Waals surface area contributed by atoms with Crippen molar-refractivity contribution in [2.75, 3.05) is 14.7 Å². The predicted octanol–water partition coefficient (Wildman–Crippen LogP) is 35.0. The molecule has 0 radical (unpaired) electrons. The fourth-order valence-corrected chi connectivity index (χ4v) is 20.9. The molecule has 21 aromatic carbocycles. The zero-order chi connectivity index (χ0) is 92.1. The van der Waals surface area contributed by atoms with Crippen molar-refractivity contribution >= 4 is 145 Å². The van der Waals surface area contributed by atoms with Gasteiger partial charge in [-0.2, -0.15) is 0 Å². The van der Waals surface area contributed by atoms with E-state index in [0.717, 1.165) is 73.9 Å². The van der Waals surface area contributed by atoms with Crippen molar-refractivity contribution in [1.82, 2.24) is 26.9 Å². The molecule has 0 saturated heterocycles. The number of hydrogen-bond acceptors (Lipinski definition) is 3. The minimum atomic E-state index is 1.09. The molecule has 0 fully saturated rings. The fraction of sp³-hybridized carbons (Fsp3) is 0. The van der Waals surface area contributed by atoms with Crippen LogP contribution in [0.25, 0.3) is 166 Å². The van der Waals surface area contributed by atoms with Crippen LogP contribution in [0.5, 0.6) is 0 Å². The zero-order valence-corrected chi connectivity index (χ0v) is 76.1. The van der Waals surface area contributed by atoms with Gasteiger partial charge in [0.05, 0.1) is 55.3 Å². The summed E-state index contributed by atoms with van der Waals surface area (Å²) in [6, 6.07) is 197. The van der Waals surface area contributed by atoms with E-state index >= 15 is 0 Å². The van der Waals surface area contributed by atoms with Gasteiger partial charge in [0.15, 0.2) is 0 Å². The van der Waals surface area contributed by atoms with E-state index in [9.17, 15) is 0 Å². The molecule has 0 aliphatic rings. The van der Waals surface area contributed by atoms with Crippen molar-refractivity contribution in [3.05, 3.63) is 552 Å². The molecule has 0 aliphatic carbocycles. The summed E-state index contributed by atoms with van der Waals surface area (Å²) in [5.41, 5.74) is 39.8. The van der Waals surface area contributed by atoms with Crippen molar-refractivity contribution in [3.63, 3.8) is 0 Å². The smallest absolute Gasteiger partial charge is 0.131 e. The van der Waals surface area contributed by atoms with Crippen LogP contribution in [0.2, 0.25) is 0 Å². The largest absolute Gasteiger partial charge is 0.311 e. The molecule has 0 unspecified atom stereocenters. The highest BCUT2D eigenvalue weighted by Gasteiger charge is 2.28. The molecule has 0 atom stereocenters. The number of rotatable bonds is 17. The molecule has 139 heavy (non-hydrogen) atoms. The molecular weight excluding hydrogens is 1690 g/mol. The predicted molar refractivity (Wildman–Crippen MR) is 584 cm³/mol. The van der Waals surface area contributed by atoms with Crippen molar-refractivity contribution < 1.29 is 0 Å². The number of nitrogens with zero attached hydrogens (tertiary/aromatic N) is 9. The lowest BCUT2D eigenvalue weighted by Gasteiger charge is -2.27. The van der Waals surface area contributed by atoms with Crippen molar-refractivity contribution in [2.45, 2.75) is 0 Å². The maximum Gasteiger partial charge on any atom is 0.131 e. The first-order valence-corrected chi connectivity index (χ1v) is 47.5. The second kappa shape index (κ2) is 35.7. The van der Waals surface area contributed by atoms with Crippen LogP contribution < -0.4 is 14.7 Å². The van der Waals surface area contributed by atoms with Gasteiger partial charge in [-0.3, -0.25) is 26.9 Å². The number of hydrogen-bond donors (Lipinski definition) is 0. The monoisotopic (exact) mass is 1780 g/mol. The Kier molecular flexibility index (Phi) is 21.1. The third-order valence-corrected chi connectivity index (χ3v) is 27.1. The summed E-state index contributed by atoms with van der Waals surface area (Å²) in [7, 11) is 0. The first kappa shape index (κ1) is 82.2. The van der Waals surface area contributed by atoms with Crippen LogP contribution >= 0.6 is 0 Å². The Morgan fingerprint density at radius 1 is 0.129 bits per heavy atom. The summed E-state index contributed by atoms with van der Waals surface area (Å²) in [6.45, 7) is 0. The molecule has 0 aliphatic heterocycles. The molecule has 27 aromatic rings. The van der Waals surface area contributed by atoms with Crippen LogP contribution in [0.1, 0.15) is 0 Å². The van der Waals surface area contributed by atoms with Crippen molar-refractivity contribution in [2.24, 2.45) is 0 Å². The van der Waals surface area contributed by atoms with Gasteiger partial charge in [0.2, 0.25) is 0 Å². The normalized spacial score (nSPS) is 11.5. The minimum Gasteiger partial charge on any atom is -0.311 e. The summed E-state index contributed by atoms with van der Waals surface area (Å²) < 4.78 is 14.5. The van der Waals surface area contributed by atoms with Crippen molar-refractivity contribution in [3.8, 4) is 72.7 Å². The highest BCUT2D eigenvalue weighted by atomic mass is 15.2. The van der Waals surface area contributed by atoms with Crippen LogP contribution in [-0.4, -0.2) is 26.9 Å². The highest BCUT2D eigenvalue weighted by Crippen LogP contribution is 2.49. The van der Waals surface area contributed by atoms with Gasteiger partial charge >= 0.3 is 0 Å². The third-order valence-electron chi connectivity index (χ3n) is 27.1. The van der Waals surface area contributed by atoms with Gasteiger partial charge in [0.25, 0.3) is 0 Å². The van der Waals surface area contributed by atoms with E-state index in [1.54, 1.807) is 0 Å². The van der Waals surface area contributed by atoms with E-state index < -0.39 is 0 Å². The maximum absolute atomic E-state index is 2.43. The molecular formula is C130H91N9. The molecule has 9 nitrogen and oxygen atoms in total. The first-order valence-electron chi connectivity index (χ1n) is 47.5. The Morgan fingerprint density at radius 2 is 0.338 bits per heavy atom. The number of para-hydroxylation sites is 12. The summed E-state index contributed by atoms with van der Waals surface area (Å²) in [5.74, 6) is 0. The lowest BCUT2D eigenvalue weighted by molar-refractivity contribution is 1.14. The molecule has 0 spiro atoms. The standard InChI is InChI=1S/C50H35N3.C42H29N3.C38H27N3/c1-4-14-36(15-5-1)38-24-28-41(29-25-38)51(42-30-26-39(27-31-42)37-16-6-2-7-17-37)43-32-34-44(35-33-43)52-47-22-12-13-23-48(47)53-46-21-11-10-20-45(46)49(50(52)53)40-18-8-3-9-19-40;1-3-15-31(16-4-1)41-36-21-9-10-22-38(36)45-40-24-12-11-23-39(40)44(42(41)45)34-28-26-33(27-29-34)43(32-18-5-2-6-19-32)37-25-13-17-30-14-7-8-20-35(30)37;1-4-14-28(15-5-1)37-33-20-10-11-21-34(33)41-36-23-13-12-22-35(36)40(38(37)41)32-26-24-31(25-27-32)39(29-16-6-2-7-17-29)30-18-8-3-9-19-30/h1-35H;1-29H;1-27H. The SMILES string of the molecule is c1ccc(-c2c3ccccc3n3c4ccccc4n(-c4ccc(N(c5ccccc5)c5cccc6ccccc56)cc4)c23)cc1.c1ccc(-c2c3ccccc3n3c4ccccc4n(-c4ccc(N(c5ccccc5)c5ccccc5)cc4)c23)cc1.c1ccc(-c2ccc(N(c3ccc(-c4ccccc4)cc3)c3ccc(-n4c5ccccc5n5c6ccccc6c(-c6ccccc6)c45)cc3)cc2)cc1. The molecule has 0 amide bonds. The average Bonchev–Trinajstić information content (AvgIpc) is 1.55. The van der Waals surface area contributed by atoms with E-state index in [-0.39, 0.29) is 0 Å². The van der Waals surface area contributed by atoms with Gasteiger partial charge in [-0.25, -0.2) is 0 Å². The van der Waals surface area contributed by atoms with E-state index in [2.05, 4.69) is 594 Å². The van der Waals surface area contributed by atoms with Gasteiger partial charge in [-0.15, -0.1) is 0 Å². The summed E-state index contributed by atoms with van der Waals surface area (Å²) in [4.78, 5) is 7.00. The molecule has 6 aromatic heterocycles. The molecule has 0 bridgehead atoms. The van der Waals surface area contributed by atoms with Gasteiger partial charge in [-0.1, -0.05) is 358 Å². The Balaban J connectivity index is 0.000000111. The van der Waals surface area contributed by atoms with Crippen molar-refractivity contribution in [1.29, 1.82) is 0 Å². The number of aromatic nitrogens is 6. The second-order valence-electron chi connectivity index (χ2n) is 35.1. The van der Waals surface area contributed by atoms with E-state index in [0.29, 0.717) is 0 Å². The Morgan fingerprint density at radius 3 is 0.647 bits per heavy atom. The third kappa shape index (κ3) is 14.7. The minimum absolute atomic E-state index is 1.09. The highest BCUT2D eigenvalue weighted by molar-refractivity contribution is 6.13. The molecule has 6 heterocycles. The lowest BCUT2D eigenvalue weighted by atomic mass is 10.0. The molecule has 0 N–H and O–H groups in total. The number of benzene rings is 21. The van der Waals surface area contributed by atoms with Gasteiger partial charge in [0, 0.05) is 101 Å². The number of anilines is 9. The lowest BCUT2D eigenvalue weighted by Crippen LogP contribution is -2.10. The number of imidazole rings is 3. The zero-order valence-electron chi connectivity index (χ0n) is 76.1. The second-order valence-corrected chi connectivity index (χ2v) is 35.1. The van der Waals surface area contributed by atoms with Crippen LogP contribution in [0.15, 0.2) is 552 Å². The Labute approximate surface area is 805 Å². The Bertz CT molecular complexity index is 8980.